The highest BCUT2D eigenvalue weighted by atomic mass is 16.5. The molecule has 2 heterocycles. The Hall–Kier alpha value is -2.50. The van der Waals surface area contributed by atoms with Crippen LogP contribution in [0.3, 0.4) is 0 Å². The molecule has 0 saturated carbocycles. The summed E-state index contributed by atoms with van der Waals surface area (Å²) in [6, 6.07) is 4.95. The van der Waals surface area contributed by atoms with Gasteiger partial charge in [0.2, 0.25) is 5.91 Å². The molecule has 2 N–H and O–H groups in total. The molecule has 0 aliphatic carbocycles. The van der Waals surface area contributed by atoms with Crippen LogP contribution in [0.4, 0.5) is 0 Å². The minimum absolute atomic E-state index is 0.143. The first-order valence-corrected chi connectivity index (χ1v) is 7.84. The van der Waals surface area contributed by atoms with E-state index in [1.165, 1.54) is 0 Å². The van der Waals surface area contributed by atoms with Crippen molar-refractivity contribution in [3.8, 4) is 5.75 Å². The van der Waals surface area contributed by atoms with Crippen molar-refractivity contribution in [3.63, 3.8) is 0 Å². The summed E-state index contributed by atoms with van der Waals surface area (Å²) >= 11 is 0. The normalized spacial score (nSPS) is 17.3. The first kappa shape index (κ1) is 15.4. The third-order valence-electron chi connectivity index (χ3n) is 3.89. The van der Waals surface area contributed by atoms with Crippen molar-refractivity contribution < 1.29 is 18.7 Å². The van der Waals surface area contributed by atoms with Crippen molar-refractivity contribution in [2.45, 2.75) is 32.7 Å². The van der Waals surface area contributed by atoms with Gasteiger partial charge in [-0.05, 0) is 38.0 Å². The number of hydrogen-bond acceptors (Lipinski definition) is 4. The van der Waals surface area contributed by atoms with Gasteiger partial charge < -0.3 is 19.8 Å². The van der Waals surface area contributed by atoms with Gasteiger partial charge in [0.05, 0.1) is 12.2 Å². The monoisotopic (exact) mass is 316 g/mol. The second-order valence-corrected chi connectivity index (χ2v) is 5.65. The molecule has 1 atom stereocenters. The average molecular weight is 316 g/mol. The molecule has 1 aliphatic rings. The van der Waals surface area contributed by atoms with Crippen molar-refractivity contribution in [2.24, 2.45) is 0 Å². The molecule has 1 unspecified atom stereocenters. The average Bonchev–Trinajstić information content (AvgIpc) is 3.07. The van der Waals surface area contributed by atoms with Gasteiger partial charge in [-0.3, -0.25) is 9.59 Å². The van der Waals surface area contributed by atoms with Crippen LogP contribution >= 0.6 is 0 Å². The fraction of sp³-hybridized carbons (Fsp3) is 0.412. The van der Waals surface area contributed by atoms with Crippen LogP contribution in [0.2, 0.25) is 0 Å². The Kier molecular flexibility index (Phi) is 4.23. The molecule has 1 aliphatic heterocycles. The van der Waals surface area contributed by atoms with Crippen LogP contribution in [-0.4, -0.2) is 31.0 Å². The van der Waals surface area contributed by atoms with E-state index in [0.29, 0.717) is 47.6 Å². The molecule has 0 bridgehead atoms. The maximum absolute atomic E-state index is 12.6. The summed E-state index contributed by atoms with van der Waals surface area (Å²) in [5.74, 6) is 0.795. The highest BCUT2D eigenvalue weighted by Crippen LogP contribution is 2.29. The van der Waals surface area contributed by atoms with Crippen LogP contribution in [0.5, 0.6) is 5.75 Å². The second kappa shape index (κ2) is 6.32. The van der Waals surface area contributed by atoms with Gasteiger partial charge in [0, 0.05) is 11.9 Å². The Balaban J connectivity index is 1.90. The zero-order valence-electron chi connectivity index (χ0n) is 13.3. The molecule has 6 nitrogen and oxygen atoms in total. The Morgan fingerprint density at radius 3 is 3.00 bits per heavy atom. The first-order valence-electron chi connectivity index (χ1n) is 7.84. The number of benzene rings is 1. The zero-order chi connectivity index (χ0) is 16.4. The Labute approximate surface area is 134 Å². The largest absolute Gasteiger partial charge is 0.494 e. The summed E-state index contributed by atoms with van der Waals surface area (Å²) in [4.78, 5) is 24.2. The van der Waals surface area contributed by atoms with Gasteiger partial charge in [0.1, 0.15) is 23.1 Å². The number of rotatable bonds is 5. The molecular weight excluding hydrogens is 296 g/mol. The number of hydrogen-bond donors (Lipinski definition) is 2. The van der Waals surface area contributed by atoms with Gasteiger partial charge in [-0.25, -0.2) is 0 Å². The van der Waals surface area contributed by atoms with E-state index in [1.807, 2.05) is 19.1 Å². The van der Waals surface area contributed by atoms with Gasteiger partial charge in [0.25, 0.3) is 5.91 Å². The lowest BCUT2D eigenvalue weighted by molar-refractivity contribution is -0.120. The van der Waals surface area contributed by atoms with Crippen LogP contribution in [0.15, 0.2) is 22.6 Å². The third-order valence-corrected chi connectivity index (χ3v) is 3.89. The second-order valence-electron chi connectivity index (χ2n) is 5.65. The number of amides is 2. The van der Waals surface area contributed by atoms with Crippen LogP contribution in [-0.2, 0) is 4.79 Å². The van der Waals surface area contributed by atoms with Gasteiger partial charge >= 0.3 is 0 Å². The maximum Gasteiger partial charge on any atom is 0.256 e. The Morgan fingerprint density at radius 2 is 2.30 bits per heavy atom. The predicted molar refractivity (Wildman–Crippen MR) is 85.6 cm³/mol. The minimum Gasteiger partial charge on any atom is -0.494 e. The van der Waals surface area contributed by atoms with Crippen molar-refractivity contribution >= 4 is 22.8 Å². The number of carbonyl (C=O) groups is 2. The van der Waals surface area contributed by atoms with Crippen molar-refractivity contribution in [3.05, 3.63) is 29.5 Å². The first-order chi connectivity index (χ1) is 11.1. The van der Waals surface area contributed by atoms with E-state index in [0.717, 1.165) is 6.42 Å². The number of nitrogens with one attached hydrogen (secondary N) is 2. The van der Waals surface area contributed by atoms with Gasteiger partial charge in [0.15, 0.2) is 0 Å². The SMILES string of the molecule is CCCOc1ccc2oc(C)c(C(=O)NC3CCNC3=O)c2c1. The minimum atomic E-state index is -0.480. The van der Waals surface area contributed by atoms with E-state index in [4.69, 9.17) is 9.15 Å². The summed E-state index contributed by atoms with van der Waals surface area (Å²) in [6.07, 6.45) is 1.51. The van der Waals surface area contributed by atoms with E-state index < -0.39 is 6.04 Å². The lowest BCUT2D eigenvalue weighted by Crippen LogP contribution is -2.40. The summed E-state index contributed by atoms with van der Waals surface area (Å²) in [5, 5.41) is 6.18. The smallest absolute Gasteiger partial charge is 0.256 e. The van der Waals surface area contributed by atoms with Crippen LogP contribution < -0.4 is 15.4 Å². The molecule has 122 valence electrons. The molecule has 1 fully saturated rings. The highest BCUT2D eigenvalue weighted by molar-refractivity contribution is 6.08. The number of fused-ring (bicyclic) bond motifs is 1. The van der Waals surface area contributed by atoms with E-state index in [2.05, 4.69) is 10.6 Å². The standard InChI is InChI=1S/C17H20N2O4/c1-3-8-22-11-4-5-14-12(9-11)15(10(2)23-14)17(21)19-13-6-7-18-16(13)20/h4-5,9,13H,3,6-8H2,1-2H3,(H,18,20)(H,19,21). The number of carbonyl (C=O) groups excluding carboxylic acids is 2. The molecular formula is C17H20N2O4. The van der Waals surface area contributed by atoms with Crippen LogP contribution in [0, 0.1) is 6.92 Å². The van der Waals surface area contributed by atoms with Crippen molar-refractivity contribution in [1.82, 2.24) is 10.6 Å². The molecule has 2 amide bonds. The number of ether oxygens (including phenoxy) is 1. The lowest BCUT2D eigenvalue weighted by atomic mass is 10.1. The van der Waals surface area contributed by atoms with Gasteiger partial charge in [-0.1, -0.05) is 6.92 Å². The molecule has 0 radical (unpaired) electrons. The van der Waals surface area contributed by atoms with Crippen molar-refractivity contribution in [1.29, 1.82) is 0 Å². The third kappa shape index (κ3) is 3.02. The summed E-state index contributed by atoms with van der Waals surface area (Å²) in [5.41, 5.74) is 1.09. The molecule has 0 spiro atoms. The predicted octanol–water partition coefficient (Wildman–Crippen LogP) is 2.15. The van der Waals surface area contributed by atoms with E-state index in [1.54, 1.807) is 13.0 Å². The van der Waals surface area contributed by atoms with Crippen molar-refractivity contribution in [2.75, 3.05) is 13.2 Å². The molecule has 1 aromatic heterocycles. The molecule has 6 heteroatoms. The van der Waals surface area contributed by atoms with Crippen LogP contribution in [0.1, 0.15) is 35.9 Å². The number of aryl methyl sites for hydroxylation is 1. The molecule has 1 aromatic carbocycles. The molecule has 2 aromatic rings. The fourth-order valence-corrected chi connectivity index (χ4v) is 2.75. The summed E-state index contributed by atoms with van der Waals surface area (Å²) in [7, 11) is 0. The maximum atomic E-state index is 12.6. The molecule has 23 heavy (non-hydrogen) atoms. The van der Waals surface area contributed by atoms with E-state index in [9.17, 15) is 9.59 Å². The van der Waals surface area contributed by atoms with E-state index in [-0.39, 0.29) is 11.8 Å². The number of furan rings is 1. The molecule has 1 saturated heterocycles. The fourth-order valence-electron chi connectivity index (χ4n) is 2.75. The summed E-state index contributed by atoms with van der Waals surface area (Å²) < 4.78 is 11.3. The van der Waals surface area contributed by atoms with Gasteiger partial charge in [-0.15, -0.1) is 0 Å². The topological polar surface area (TPSA) is 80.6 Å². The Morgan fingerprint density at radius 1 is 1.48 bits per heavy atom. The highest BCUT2D eigenvalue weighted by Gasteiger charge is 2.28. The van der Waals surface area contributed by atoms with E-state index >= 15 is 0 Å². The molecule has 3 rings (SSSR count). The van der Waals surface area contributed by atoms with Crippen LogP contribution in [0.25, 0.3) is 11.0 Å². The lowest BCUT2D eigenvalue weighted by Gasteiger charge is -2.10. The van der Waals surface area contributed by atoms with Gasteiger partial charge in [-0.2, -0.15) is 0 Å². The zero-order valence-corrected chi connectivity index (χ0v) is 13.3. The Bertz CT molecular complexity index is 750. The quantitative estimate of drug-likeness (QED) is 0.885. The summed E-state index contributed by atoms with van der Waals surface area (Å²) in [6.45, 7) is 4.98.